The number of rotatable bonds is 4. The lowest BCUT2D eigenvalue weighted by molar-refractivity contribution is 0.0698. The summed E-state index contributed by atoms with van der Waals surface area (Å²) >= 11 is 1.93. The lowest BCUT2D eigenvalue weighted by atomic mass is 9.94. The van der Waals surface area contributed by atoms with E-state index in [4.69, 9.17) is 10.8 Å². The minimum Gasteiger partial charge on any atom is -0.478 e. The summed E-state index contributed by atoms with van der Waals surface area (Å²) in [7, 11) is 0. The topological polar surface area (TPSA) is 75.3 Å². The first-order valence-electron chi connectivity index (χ1n) is 6.53. The molecule has 1 saturated carbocycles. The van der Waals surface area contributed by atoms with Crippen LogP contribution in [0.3, 0.4) is 0 Å². The molecule has 104 valence electrons. The molecule has 0 bridgehead atoms. The standard InChI is InChI=1S/C14H20N2O2S/c1-19-10-7-5-9(6-8-10)16-12-4-2-3-11(13(12)15)14(17)18/h2-4,9-10,16H,5-8,15H2,1H3,(H,17,18). The maximum atomic E-state index is 11.0. The normalized spacial score (nSPS) is 23.0. The molecule has 0 aromatic heterocycles. The molecule has 1 fully saturated rings. The molecule has 2 rings (SSSR count). The van der Waals surface area contributed by atoms with Crippen molar-refractivity contribution in [2.75, 3.05) is 17.3 Å². The highest BCUT2D eigenvalue weighted by atomic mass is 32.2. The Morgan fingerprint density at radius 2 is 2.05 bits per heavy atom. The predicted molar refractivity (Wildman–Crippen MR) is 81.0 cm³/mol. The van der Waals surface area contributed by atoms with Gasteiger partial charge in [0.15, 0.2) is 0 Å². The number of nitrogens with two attached hydrogens (primary N) is 1. The number of nitrogens with one attached hydrogen (secondary N) is 1. The Morgan fingerprint density at radius 1 is 1.37 bits per heavy atom. The van der Waals surface area contributed by atoms with Crippen LogP contribution in [-0.4, -0.2) is 28.6 Å². The summed E-state index contributed by atoms with van der Waals surface area (Å²) in [4.78, 5) is 11.0. The Balaban J connectivity index is 2.04. The second-order valence-electron chi connectivity index (χ2n) is 4.93. The van der Waals surface area contributed by atoms with Gasteiger partial charge in [-0.15, -0.1) is 0 Å². The van der Waals surface area contributed by atoms with Gasteiger partial charge in [-0.25, -0.2) is 4.79 Å². The van der Waals surface area contributed by atoms with Crippen LogP contribution in [0.25, 0.3) is 0 Å². The lowest BCUT2D eigenvalue weighted by Crippen LogP contribution is -2.27. The maximum Gasteiger partial charge on any atom is 0.337 e. The van der Waals surface area contributed by atoms with Gasteiger partial charge in [0.05, 0.1) is 16.9 Å². The van der Waals surface area contributed by atoms with E-state index in [9.17, 15) is 4.79 Å². The van der Waals surface area contributed by atoms with Crippen molar-refractivity contribution in [3.63, 3.8) is 0 Å². The summed E-state index contributed by atoms with van der Waals surface area (Å²) < 4.78 is 0. The van der Waals surface area contributed by atoms with E-state index in [0.717, 1.165) is 23.8 Å². The summed E-state index contributed by atoms with van der Waals surface area (Å²) in [5, 5.41) is 13.2. The van der Waals surface area contributed by atoms with Gasteiger partial charge in [-0.3, -0.25) is 0 Å². The van der Waals surface area contributed by atoms with Crippen LogP contribution >= 0.6 is 11.8 Å². The van der Waals surface area contributed by atoms with E-state index in [2.05, 4.69) is 11.6 Å². The molecule has 0 aliphatic heterocycles. The van der Waals surface area contributed by atoms with Crippen LogP contribution in [0.15, 0.2) is 18.2 Å². The molecule has 0 atom stereocenters. The number of nitrogen functional groups attached to an aromatic ring is 1. The number of carbonyl (C=O) groups is 1. The predicted octanol–water partition coefficient (Wildman–Crippen LogP) is 3.05. The fourth-order valence-electron chi connectivity index (χ4n) is 2.54. The molecular weight excluding hydrogens is 260 g/mol. The third-order valence-electron chi connectivity index (χ3n) is 3.70. The Bertz CT molecular complexity index is 457. The van der Waals surface area contributed by atoms with Crippen molar-refractivity contribution in [1.82, 2.24) is 0 Å². The van der Waals surface area contributed by atoms with E-state index < -0.39 is 5.97 Å². The largest absolute Gasteiger partial charge is 0.478 e. The fourth-order valence-corrected chi connectivity index (χ4v) is 3.28. The number of anilines is 2. The van der Waals surface area contributed by atoms with E-state index in [1.54, 1.807) is 6.07 Å². The summed E-state index contributed by atoms with van der Waals surface area (Å²) in [5.41, 5.74) is 7.15. The van der Waals surface area contributed by atoms with Crippen LogP contribution < -0.4 is 11.1 Å². The third-order valence-corrected chi connectivity index (χ3v) is 4.84. The molecular formula is C14H20N2O2S. The van der Waals surface area contributed by atoms with Gasteiger partial charge in [0, 0.05) is 11.3 Å². The van der Waals surface area contributed by atoms with Crippen LogP contribution in [0.2, 0.25) is 0 Å². The average Bonchev–Trinajstić information content (AvgIpc) is 2.41. The first kappa shape index (κ1) is 14.1. The number of hydrogen-bond donors (Lipinski definition) is 3. The van der Waals surface area contributed by atoms with Gasteiger partial charge in [-0.05, 0) is 44.1 Å². The highest BCUT2D eigenvalue weighted by molar-refractivity contribution is 7.99. The molecule has 0 saturated heterocycles. The van der Waals surface area contributed by atoms with Crippen LogP contribution in [0, 0.1) is 0 Å². The van der Waals surface area contributed by atoms with E-state index in [0.29, 0.717) is 11.7 Å². The van der Waals surface area contributed by atoms with Crippen molar-refractivity contribution in [3.05, 3.63) is 23.8 Å². The number of carboxylic acids is 1. The SMILES string of the molecule is CSC1CCC(Nc2cccc(C(=O)O)c2N)CC1. The molecule has 1 aromatic carbocycles. The quantitative estimate of drug-likeness (QED) is 0.739. The zero-order valence-electron chi connectivity index (χ0n) is 11.1. The van der Waals surface area contributed by atoms with Crippen molar-refractivity contribution in [2.24, 2.45) is 0 Å². The zero-order chi connectivity index (χ0) is 13.8. The Hall–Kier alpha value is -1.36. The number of aromatic carboxylic acids is 1. The molecule has 1 aliphatic rings. The fraction of sp³-hybridized carbons (Fsp3) is 0.500. The first-order valence-corrected chi connectivity index (χ1v) is 7.81. The molecule has 1 aliphatic carbocycles. The Labute approximate surface area is 117 Å². The minimum atomic E-state index is -0.979. The van der Waals surface area contributed by atoms with Gasteiger partial charge in [-0.2, -0.15) is 11.8 Å². The summed E-state index contributed by atoms with van der Waals surface area (Å²) in [6.07, 6.45) is 6.80. The van der Waals surface area contributed by atoms with E-state index in [1.165, 1.54) is 18.9 Å². The molecule has 5 heteroatoms. The number of para-hydroxylation sites is 1. The van der Waals surface area contributed by atoms with Crippen LogP contribution in [0.5, 0.6) is 0 Å². The van der Waals surface area contributed by atoms with Gasteiger partial charge in [-0.1, -0.05) is 6.07 Å². The summed E-state index contributed by atoms with van der Waals surface area (Å²) in [5.74, 6) is -0.979. The van der Waals surface area contributed by atoms with E-state index >= 15 is 0 Å². The molecule has 0 amide bonds. The zero-order valence-corrected chi connectivity index (χ0v) is 11.9. The maximum absolute atomic E-state index is 11.0. The monoisotopic (exact) mass is 280 g/mol. The first-order chi connectivity index (χ1) is 9.11. The Kier molecular flexibility index (Phi) is 4.58. The van der Waals surface area contributed by atoms with Crippen molar-refractivity contribution < 1.29 is 9.90 Å². The lowest BCUT2D eigenvalue weighted by Gasteiger charge is -2.29. The number of hydrogen-bond acceptors (Lipinski definition) is 4. The minimum absolute atomic E-state index is 0.169. The van der Waals surface area contributed by atoms with Gasteiger partial charge in [0.1, 0.15) is 0 Å². The number of carboxylic acid groups (broad SMARTS) is 1. The van der Waals surface area contributed by atoms with Gasteiger partial charge >= 0.3 is 5.97 Å². The highest BCUT2D eigenvalue weighted by Gasteiger charge is 2.21. The number of thioether (sulfide) groups is 1. The van der Waals surface area contributed by atoms with Crippen LogP contribution in [0.1, 0.15) is 36.0 Å². The van der Waals surface area contributed by atoms with Crippen molar-refractivity contribution in [3.8, 4) is 0 Å². The van der Waals surface area contributed by atoms with E-state index in [-0.39, 0.29) is 5.56 Å². The second kappa shape index (κ2) is 6.19. The molecule has 0 unspecified atom stereocenters. The van der Waals surface area contributed by atoms with E-state index in [1.807, 2.05) is 17.8 Å². The summed E-state index contributed by atoms with van der Waals surface area (Å²) in [6.45, 7) is 0. The van der Waals surface area contributed by atoms with Crippen molar-refractivity contribution in [1.29, 1.82) is 0 Å². The number of benzene rings is 1. The molecule has 19 heavy (non-hydrogen) atoms. The van der Waals surface area contributed by atoms with Crippen molar-refractivity contribution in [2.45, 2.75) is 37.0 Å². The van der Waals surface area contributed by atoms with Gasteiger partial charge in [0.25, 0.3) is 0 Å². The molecule has 4 nitrogen and oxygen atoms in total. The summed E-state index contributed by atoms with van der Waals surface area (Å²) in [6, 6.07) is 5.51. The van der Waals surface area contributed by atoms with Crippen LogP contribution in [-0.2, 0) is 0 Å². The molecule has 4 N–H and O–H groups in total. The van der Waals surface area contributed by atoms with Gasteiger partial charge in [0.2, 0.25) is 0 Å². The highest BCUT2D eigenvalue weighted by Crippen LogP contribution is 2.30. The molecule has 0 radical (unpaired) electrons. The van der Waals surface area contributed by atoms with Crippen molar-refractivity contribution >= 4 is 29.1 Å². The third kappa shape index (κ3) is 3.35. The second-order valence-corrected chi connectivity index (χ2v) is 6.06. The van der Waals surface area contributed by atoms with Crippen LogP contribution in [0.4, 0.5) is 11.4 Å². The molecule has 0 heterocycles. The Morgan fingerprint density at radius 3 is 2.63 bits per heavy atom. The van der Waals surface area contributed by atoms with Gasteiger partial charge < -0.3 is 16.2 Å². The molecule has 1 aromatic rings. The molecule has 0 spiro atoms. The smallest absolute Gasteiger partial charge is 0.337 e. The average molecular weight is 280 g/mol.